The van der Waals surface area contributed by atoms with Gasteiger partial charge in [0.25, 0.3) is 17.7 Å². The van der Waals surface area contributed by atoms with Gasteiger partial charge in [-0.3, -0.25) is 19.3 Å². The molecule has 0 radical (unpaired) electrons. The maximum absolute atomic E-state index is 12.7. The monoisotopic (exact) mass is 385 g/mol. The van der Waals surface area contributed by atoms with E-state index in [2.05, 4.69) is 5.32 Å². The molecule has 2 aromatic carbocycles. The second-order valence-corrected chi connectivity index (χ2v) is 6.48. The molecule has 1 N–H and O–H groups in total. The zero-order chi connectivity index (χ0) is 18.1. The van der Waals surface area contributed by atoms with E-state index < -0.39 is 0 Å². The molecule has 27 heavy (non-hydrogen) atoms. The van der Waals surface area contributed by atoms with Crippen LogP contribution in [-0.4, -0.2) is 53.7 Å². The Morgan fingerprint density at radius 3 is 2.30 bits per heavy atom. The molecule has 2 heterocycles. The lowest BCUT2D eigenvalue weighted by molar-refractivity contribution is 0.0642. The van der Waals surface area contributed by atoms with Crippen molar-refractivity contribution in [2.75, 3.05) is 26.2 Å². The lowest BCUT2D eigenvalue weighted by Gasteiger charge is -2.27. The lowest BCUT2D eigenvalue weighted by atomic mass is 10.0. The highest BCUT2D eigenvalue weighted by molar-refractivity contribution is 6.22. The molecule has 0 spiro atoms. The third kappa shape index (κ3) is 3.59. The van der Waals surface area contributed by atoms with Crippen LogP contribution in [0.5, 0.6) is 0 Å². The second-order valence-electron chi connectivity index (χ2n) is 6.48. The van der Waals surface area contributed by atoms with E-state index in [1.165, 1.54) is 4.90 Å². The Balaban J connectivity index is 0.00000210. The summed E-state index contributed by atoms with van der Waals surface area (Å²) in [5, 5.41) is 3.21. The molecule has 0 atom stereocenters. The van der Waals surface area contributed by atoms with E-state index in [1.54, 1.807) is 23.1 Å². The fourth-order valence-electron chi connectivity index (χ4n) is 3.38. The first-order valence-electron chi connectivity index (χ1n) is 8.69. The molecule has 4 rings (SSSR count). The molecule has 0 unspecified atom stereocenters. The Labute approximate surface area is 163 Å². The van der Waals surface area contributed by atoms with Crippen molar-refractivity contribution in [1.29, 1.82) is 0 Å². The molecule has 3 amide bonds. The Kier molecular flexibility index (Phi) is 5.58. The third-order valence-electron chi connectivity index (χ3n) is 4.81. The molecule has 140 valence electrons. The first kappa shape index (κ1) is 19.1. The van der Waals surface area contributed by atoms with Crippen LogP contribution in [0.15, 0.2) is 48.5 Å². The Bertz CT molecular complexity index is 879. The average Bonchev–Trinajstić information content (AvgIpc) is 2.93. The molecule has 1 saturated heterocycles. The van der Waals surface area contributed by atoms with Crippen molar-refractivity contribution in [3.05, 3.63) is 70.8 Å². The number of fused-ring (bicyclic) bond motifs is 1. The maximum Gasteiger partial charge on any atom is 0.261 e. The summed E-state index contributed by atoms with van der Waals surface area (Å²) in [6.07, 6.45) is 0. The van der Waals surface area contributed by atoms with Gasteiger partial charge in [0, 0.05) is 31.7 Å². The minimum Gasteiger partial charge on any atom is -0.336 e. The molecule has 1 fully saturated rings. The minimum atomic E-state index is -0.344. The summed E-state index contributed by atoms with van der Waals surface area (Å²) in [5.74, 6) is -0.755. The van der Waals surface area contributed by atoms with Crippen LogP contribution in [0.4, 0.5) is 0 Å². The van der Waals surface area contributed by atoms with Gasteiger partial charge < -0.3 is 10.2 Å². The van der Waals surface area contributed by atoms with Crippen molar-refractivity contribution in [3.8, 4) is 0 Å². The van der Waals surface area contributed by atoms with Crippen LogP contribution in [-0.2, 0) is 6.54 Å². The topological polar surface area (TPSA) is 69.7 Å². The van der Waals surface area contributed by atoms with Gasteiger partial charge in [-0.1, -0.05) is 30.3 Å². The number of carbonyl (C=O) groups excluding carboxylic acids is 3. The SMILES string of the molecule is Cl.O=C(c1ccc2c(c1)C(=O)N(Cc1ccccc1)C2=O)N1CCNCC1. The zero-order valence-corrected chi connectivity index (χ0v) is 15.5. The number of amides is 3. The molecule has 0 aromatic heterocycles. The van der Waals surface area contributed by atoms with Gasteiger partial charge in [-0.25, -0.2) is 0 Å². The first-order valence-corrected chi connectivity index (χ1v) is 8.69. The minimum absolute atomic E-state index is 0. The molecule has 0 aliphatic carbocycles. The van der Waals surface area contributed by atoms with Gasteiger partial charge in [0.05, 0.1) is 17.7 Å². The van der Waals surface area contributed by atoms with E-state index in [1.807, 2.05) is 30.3 Å². The van der Waals surface area contributed by atoms with Crippen LogP contribution < -0.4 is 5.32 Å². The van der Waals surface area contributed by atoms with Crippen LogP contribution in [0.25, 0.3) is 0 Å². The molecule has 2 aliphatic heterocycles. The van der Waals surface area contributed by atoms with Crippen molar-refractivity contribution in [3.63, 3.8) is 0 Å². The third-order valence-corrected chi connectivity index (χ3v) is 4.81. The smallest absolute Gasteiger partial charge is 0.261 e. The molecule has 2 aromatic rings. The fourth-order valence-corrected chi connectivity index (χ4v) is 3.38. The van der Waals surface area contributed by atoms with Crippen LogP contribution in [0, 0.1) is 0 Å². The summed E-state index contributed by atoms with van der Waals surface area (Å²) in [6, 6.07) is 14.2. The fraction of sp³-hybridized carbons (Fsp3) is 0.250. The molecule has 0 saturated carbocycles. The van der Waals surface area contributed by atoms with Crippen LogP contribution in [0.1, 0.15) is 36.6 Å². The van der Waals surface area contributed by atoms with Crippen molar-refractivity contribution in [1.82, 2.24) is 15.1 Å². The summed E-state index contributed by atoms with van der Waals surface area (Å²) < 4.78 is 0. The zero-order valence-electron chi connectivity index (χ0n) is 14.7. The highest BCUT2D eigenvalue weighted by Crippen LogP contribution is 2.26. The quantitative estimate of drug-likeness (QED) is 0.820. The van der Waals surface area contributed by atoms with E-state index in [-0.39, 0.29) is 36.7 Å². The number of benzene rings is 2. The van der Waals surface area contributed by atoms with Gasteiger partial charge in [-0.15, -0.1) is 12.4 Å². The second kappa shape index (κ2) is 7.90. The summed E-state index contributed by atoms with van der Waals surface area (Å²) in [7, 11) is 0. The van der Waals surface area contributed by atoms with Crippen LogP contribution >= 0.6 is 12.4 Å². The van der Waals surface area contributed by atoms with Gasteiger partial charge in [0.2, 0.25) is 0 Å². The summed E-state index contributed by atoms with van der Waals surface area (Å²) >= 11 is 0. The number of carbonyl (C=O) groups is 3. The van der Waals surface area contributed by atoms with E-state index >= 15 is 0 Å². The first-order chi connectivity index (χ1) is 12.6. The van der Waals surface area contributed by atoms with Crippen molar-refractivity contribution in [2.45, 2.75) is 6.54 Å². The molecular formula is C20H20ClN3O3. The summed E-state index contributed by atoms with van der Waals surface area (Å²) in [5.41, 5.74) is 2.02. The Morgan fingerprint density at radius 1 is 0.926 bits per heavy atom. The standard InChI is InChI=1S/C20H19N3O3.ClH/c24-18(22-10-8-21-9-11-22)15-6-7-16-17(12-15)20(26)23(19(16)25)13-14-4-2-1-3-5-14;/h1-7,12,21H,8-11,13H2;1H. The van der Waals surface area contributed by atoms with Gasteiger partial charge in [0.1, 0.15) is 0 Å². The number of hydrogen-bond donors (Lipinski definition) is 1. The Hall–Kier alpha value is -2.70. The number of hydrogen-bond acceptors (Lipinski definition) is 4. The van der Waals surface area contributed by atoms with Gasteiger partial charge in [-0.05, 0) is 23.8 Å². The van der Waals surface area contributed by atoms with Crippen LogP contribution in [0.2, 0.25) is 0 Å². The molecule has 7 heteroatoms. The van der Waals surface area contributed by atoms with Gasteiger partial charge in [-0.2, -0.15) is 0 Å². The van der Waals surface area contributed by atoms with Crippen molar-refractivity contribution in [2.24, 2.45) is 0 Å². The maximum atomic E-state index is 12.7. The van der Waals surface area contributed by atoms with E-state index in [0.717, 1.165) is 18.7 Å². The summed E-state index contributed by atoms with van der Waals surface area (Å²) in [6.45, 7) is 3.04. The predicted octanol–water partition coefficient (Wildman–Crippen LogP) is 1.95. The number of rotatable bonds is 3. The highest BCUT2D eigenvalue weighted by Gasteiger charge is 2.36. The van der Waals surface area contributed by atoms with Gasteiger partial charge in [0.15, 0.2) is 0 Å². The molecule has 2 aliphatic rings. The Morgan fingerprint density at radius 2 is 1.59 bits per heavy atom. The number of imide groups is 1. The number of halogens is 1. The summed E-state index contributed by atoms with van der Waals surface area (Å²) in [4.78, 5) is 41.0. The highest BCUT2D eigenvalue weighted by atomic mass is 35.5. The van der Waals surface area contributed by atoms with Crippen molar-refractivity contribution < 1.29 is 14.4 Å². The van der Waals surface area contributed by atoms with Crippen molar-refractivity contribution >= 4 is 30.1 Å². The normalized spacial score (nSPS) is 16.1. The van der Waals surface area contributed by atoms with Gasteiger partial charge >= 0.3 is 0 Å². The van der Waals surface area contributed by atoms with E-state index in [9.17, 15) is 14.4 Å². The van der Waals surface area contributed by atoms with Crippen LogP contribution in [0.3, 0.4) is 0 Å². The largest absolute Gasteiger partial charge is 0.336 e. The number of nitrogens with one attached hydrogen (secondary N) is 1. The molecule has 0 bridgehead atoms. The molecular weight excluding hydrogens is 366 g/mol. The molecule has 6 nitrogen and oxygen atoms in total. The number of piperazine rings is 1. The lowest BCUT2D eigenvalue weighted by Crippen LogP contribution is -2.46. The average molecular weight is 386 g/mol. The van der Waals surface area contributed by atoms with E-state index in [0.29, 0.717) is 29.8 Å². The predicted molar refractivity (Wildman–Crippen MR) is 103 cm³/mol. The van der Waals surface area contributed by atoms with E-state index in [4.69, 9.17) is 0 Å². The number of nitrogens with zero attached hydrogens (tertiary/aromatic N) is 2.